The second kappa shape index (κ2) is 8.76. The van der Waals surface area contributed by atoms with Crippen LogP contribution in [0.2, 0.25) is 0 Å². The van der Waals surface area contributed by atoms with Crippen LogP contribution in [0.1, 0.15) is 26.3 Å². The Hall–Kier alpha value is -3.47. The summed E-state index contributed by atoms with van der Waals surface area (Å²) in [6, 6.07) is 21.9. The molecule has 0 unspecified atom stereocenters. The number of anilines is 1. The molecule has 136 valence electrons. The number of para-hydroxylation sites is 1. The SMILES string of the molecule is O=C(Nc1ccccc1C(=O)NCCc1cccc(F)c1)c1ccccc1. The number of hydrogen-bond acceptors (Lipinski definition) is 2. The number of rotatable bonds is 6. The summed E-state index contributed by atoms with van der Waals surface area (Å²) in [5.74, 6) is -0.876. The first-order chi connectivity index (χ1) is 13.1. The molecule has 2 amide bonds. The molecule has 27 heavy (non-hydrogen) atoms. The Kier molecular flexibility index (Phi) is 5.94. The Balaban J connectivity index is 1.64. The molecule has 0 atom stereocenters. The zero-order valence-corrected chi connectivity index (χ0v) is 14.6. The molecular formula is C22H19FN2O2. The quantitative estimate of drug-likeness (QED) is 0.695. The van der Waals surface area contributed by atoms with Crippen molar-refractivity contribution >= 4 is 17.5 Å². The normalized spacial score (nSPS) is 10.3. The molecule has 0 aliphatic carbocycles. The molecule has 2 N–H and O–H groups in total. The van der Waals surface area contributed by atoms with Crippen LogP contribution in [0.3, 0.4) is 0 Å². The standard InChI is InChI=1S/C22H19FN2O2/c23-18-10-6-7-16(15-18)13-14-24-22(27)19-11-4-5-12-20(19)25-21(26)17-8-2-1-3-9-17/h1-12,15H,13-14H2,(H,24,27)(H,25,26). The molecule has 3 aromatic rings. The summed E-state index contributed by atoms with van der Waals surface area (Å²) in [6.07, 6.45) is 0.516. The third-order valence-corrected chi connectivity index (χ3v) is 4.04. The molecule has 0 saturated heterocycles. The molecule has 3 rings (SSSR count). The molecule has 0 heterocycles. The van der Waals surface area contributed by atoms with Gasteiger partial charge in [-0.25, -0.2) is 4.39 Å². The Morgan fingerprint density at radius 3 is 2.33 bits per heavy atom. The van der Waals surface area contributed by atoms with Gasteiger partial charge in [0.25, 0.3) is 11.8 Å². The molecule has 0 spiro atoms. The minimum atomic E-state index is -0.298. The summed E-state index contributed by atoms with van der Waals surface area (Å²) in [6.45, 7) is 0.364. The Bertz CT molecular complexity index is 942. The number of amides is 2. The van der Waals surface area contributed by atoms with E-state index < -0.39 is 0 Å². The first-order valence-electron chi connectivity index (χ1n) is 8.61. The van der Waals surface area contributed by atoms with Gasteiger partial charge in [-0.2, -0.15) is 0 Å². The van der Waals surface area contributed by atoms with Crippen LogP contribution in [0.25, 0.3) is 0 Å². The maximum absolute atomic E-state index is 13.2. The van der Waals surface area contributed by atoms with Gasteiger partial charge in [-0.3, -0.25) is 9.59 Å². The highest BCUT2D eigenvalue weighted by Crippen LogP contribution is 2.16. The summed E-state index contributed by atoms with van der Waals surface area (Å²) in [4.78, 5) is 24.8. The fourth-order valence-electron chi connectivity index (χ4n) is 2.68. The highest BCUT2D eigenvalue weighted by atomic mass is 19.1. The molecule has 0 saturated carbocycles. The topological polar surface area (TPSA) is 58.2 Å². The number of carbonyl (C=O) groups excluding carboxylic acids is 2. The van der Waals surface area contributed by atoms with Crippen LogP contribution in [0.4, 0.5) is 10.1 Å². The first-order valence-corrected chi connectivity index (χ1v) is 8.61. The van der Waals surface area contributed by atoms with Crippen molar-refractivity contribution in [2.24, 2.45) is 0 Å². The molecular weight excluding hydrogens is 343 g/mol. The Morgan fingerprint density at radius 1 is 0.815 bits per heavy atom. The summed E-state index contributed by atoms with van der Waals surface area (Å²) in [5.41, 5.74) is 2.13. The summed E-state index contributed by atoms with van der Waals surface area (Å²) in [5, 5.41) is 5.58. The van der Waals surface area contributed by atoms with E-state index in [9.17, 15) is 14.0 Å². The van der Waals surface area contributed by atoms with E-state index in [1.807, 2.05) is 12.1 Å². The van der Waals surface area contributed by atoms with Crippen molar-refractivity contribution in [1.29, 1.82) is 0 Å². The van der Waals surface area contributed by atoms with E-state index in [0.717, 1.165) is 5.56 Å². The van der Waals surface area contributed by atoms with E-state index in [0.29, 0.717) is 29.8 Å². The highest BCUT2D eigenvalue weighted by molar-refractivity contribution is 6.08. The van der Waals surface area contributed by atoms with Gasteiger partial charge >= 0.3 is 0 Å². The maximum Gasteiger partial charge on any atom is 0.255 e. The van der Waals surface area contributed by atoms with Crippen molar-refractivity contribution in [2.75, 3.05) is 11.9 Å². The van der Waals surface area contributed by atoms with E-state index in [4.69, 9.17) is 0 Å². The van der Waals surface area contributed by atoms with Crippen LogP contribution in [0, 0.1) is 5.82 Å². The highest BCUT2D eigenvalue weighted by Gasteiger charge is 2.13. The fourth-order valence-corrected chi connectivity index (χ4v) is 2.68. The van der Waals surface area contributed by atoms with E-state index in [-0.39, 0.29) is 17.6 Å². The number of hydrogen-bond donors (Lipinski definition) is 2. The van der Waals surface area contributed by atoms with Crippen LogP contribution < -0.4 is 10.6 Å². The van der Waals surface area contributed by atoms with E-state index in [2.05, 4.69) is 10.6 Å². The van der Waals surface area contributed by atoms with Crippen LogP contribution >= 0.6 is 0 Å². The van der Waals surface area contributed by atoms with Crippen molar-refractivity contribution in [1.82, 2.24) is 5.32 Å². The lowest BCUT2D eigenvalue weighted by Gasteiger charge is -2.11. The third-order valence-electron chi connectivity index (χ3n) is 4.04. The summed E-state index contributed by atoms with van der Waals surface area (Å²) >= 11 is 0. The zero-order chi connectivity index (χ0) is 19.1. The van der Waals surface area contributed by atoms with Gasteiger partial charge in [0, 0.05) is 12.1 Å². The predicted octanol–water partition coefficient (Wildman–Crippen LogP) is 4.05. The van der Waals surface area contributed by atoms with Crippen molar-refractivity contribution < 1.29 is 14.0 Å². The molecule has 0 aliphatic heterocycles. The monoisotopic (exact) mass is 362 g/mol. The molecule has 0 bridgehead atoms. The number of nitrogens with one attached hydrogen (secondary N) is 2. The Labute approximate surface area is 157 Å². The van der Waals surface area contributed by atoms with Gasteiger partial charge in [0.15, 0.2) is 0 Å². The van der Waals surface area contributed by atoms with Gasteiger partial charge in [0.2, 0.25) is 0 Å². The van der Waals surface area contributed by atoms with Gasteiger partial charge in [-0.05, 0) is 48.4 Å². The first kappa shape index (κ1) is 18.3. The second-order valence-corrected chi connectivity index (χ2v) is 6.00. The third kappa shape index (κ3) is 5.01. The minimum absolute atomic E-state index is 0.282. The predicted molar refractivity (Wildman–Crippen MR) is 103 cm³/mol. The van der Waals surface area contributed by atoms with Crippen molar-refractivity contribution in [3.63, 3.8) is 0 Å². The lowest BCUT2D eigenvalue weighted by molar-refractivity contribution is 0.0955. The van der Waals surface area contributed by atoms with Gasteiger partial charge in [0.05, 0.1) is 11.3 Å². The molecule has 0 aromatic heterocycles. The lowest BCUT2D eigenvalue weighted by atomic mass is 10.1. The van der Waals surface area contributed by atoms with Gasteiger partial charge in [0.1, 0.15) is 5.82 Å². The van der Waals surface area contributed by atoms with Crippen LogP contribution in [0.5, 0.6) is 0 Å². The molecule has 0 aliphatic rings. The van der Waals surface area contributed by atoms with Crippen molar-refractivity contribution in [2.45, 2.75) is 6.42 Å². The molecule has 0 fully saturated rings. The average molecular weight is 362 g/mol. The van der Waals surface area contributed by atoms with Crippen LogP contribution in [-0.2, 0) is 6.42 Å². The number of carbonyl (C=O) groups is 2. The summed E-state index contributed by atoms with van der Waals surface area (Å²) in [7, 11) is 0. The largest absolute Gasteiger partial charge is 0.352 e. The Morgan fingerprint density at radius 2 is 1.56 bits per heavy atom. The maximum atomic E-state index is 13.2. The average Bonchev–Trinajstić information content (AvgIpc) is 2.69. The minimum Gasteiger partial charge on any atom is -0.352 e. The molecule has 5 heteroatoms. The van der Waals surface area contributed by atoms with Gasteiger partial charge in [-0.15, -0.1) is 0 Å². The lowest BCUT2D eigenvalue weighted by Crippen LogP contribution is -2.27. The second-order valence-electron chi connectivity index (χ2n) is 6.00. The molecule has 3 aromatic carbocycles. The van der Waals surface area contributed by atoms with Crippen molar-refractivity contribution in [3.05, 3.63) is 101 Å². The van der Waals surface area contributed by atoms with Gasteiger partial charge in [-0.1, -0.05) is 42.5 Å². The van der Waals surface area contributed by atoms with E-state index in [1.54, 1.807) is 54.6 Å². The van der Waals surface area contributed by atoms with Crippen molar-refractivity contribution in [3.8, 4) is 0 Å². The van der Waals surface area contributed by atoms with Gasteiger partial charge < -0.3 is 10.6 Å². The molecule has 0 radical (unpaired) electrons. The van der Waals surface area contributed by atoms with E-state index in [1.165, 1.54) is 12.1 Å². The molecule has 4 nitrogen and oxygen atoms in total. The van der Waals surface area contributed by atoms with Crippen LogP contribution in [0.15, 0.2) is 78.9 Å². The zero-order valence-electron chi connectivity index (χ0n) is 14.6. The number of halogens is 1. The summed E-state index contributed by atoms with van der Waals surface area (Å²) < 4.78 is 13.2. The number of benzene rings is 3. The van der Waals surface area contributed by atoms with E-state index >= 15 is 0 Å². The smallest absolute Gasteiger partial charge is 0.255 e. The fraction of sp³-hybridized carbons (Fsp3) is 0.0909. The van der Waals surface area contributed by atoms with Crippen LogP contribution in [-0.4, -0.2) is 18.4 Å².